The Labute approximate surface area is 129 Å². The second-order valence-corrected chi connectivity index (χ2v) is 5.73. The van der Waals surface area contributed by atoms with Crippen LogP contribution in [0, 0.1) is 0 Å². The van der Waals surface area contributed by atoms with Gasteiger partial charge < -0.3 is 14.1 Å². The summed E-state index contributed by atoms with van der Waals surface area (Å²) in [4.78, 5) is 5.24. The van der Waals surface area contributed by atoms with Crippen LogP contribution in [-0.2, 0) is 17.5 Å². The minimum Gasteiger partial charge on any atom is -0.457 e. The molecule has 2 aromatic heterocycles. The SMILES string of the molecule is FC(F)(F)c1ccc2c(c1)[nH]c1cc(CN3CCOCC3)oc12. The summed E-state index contributed by atoms with van der Waals surface area (Å²) < 4.78 is 49.5. The fourth-order valence-corrected chi connectivity index (χ4v) is 2.96. The third kappa shape index (κ3) is 2.70. The van der Waals surface area contributed by atoms with Crippen molar-refractivity contribution in [2.24, 2.45) is 0 Å². The Morgan fingerprint density at radius 3 is 2.61 bits per heavy atom. The number of hydrogen-bond donors (Lipinski definition) is 1. The van der Waals surface area contributed by atoms with Crippen LogP contribution >= 0.6 is 0 Å². The van der Waals surface area contributed by atoms with Gasteiger partial charge in [0, 0.05) is 24.5 Å². The van der Waals surface area contributed by atoms with E-state index in [0.717, 1.165) is 36.5 Å². The Morgan fingerprint density at radius 2 is 1.87 bits per heavy atom. The summed E-state index contributed by atoms with van der Waals surface area (Å²) in [5, 5.41) is 0.668. The molecule has 1 aliphatic rings. The van der Waals surface area contributed by atoms with Crippen LogP contribution in [0.4, 0.5) is 13.2 Å². The second-order valence-electron chi connectivity index (χ2n) is 5.73. The molecular formula is C16H15F3N2O2. The number of nitrogens with one attached hydrogen (secondary N) is 1. The minimum atomic E-state index is -4.35. The molecule has 7 heteroatoms. The van der Waals surface area contributed by atoms with Crippen LogP contribution < -0.4 is 0 Å². The Hall–Kier alpha value is -1.99. The highest BCUT2D eigenvalue weighted by atomic mass is 19.4. The van der Waals surface area contributed by atoms with Crippen molar-refractivity contribution >= 4 is 22.0 Å². The standard InChI is InChI=1S/C16H15F3N2O2/c17-16(18,19)10-1-2-12-13(7-10)20-14-8-11(23-15(12)14)9-21-3-5-22-6-4-21/h1-2,7-8,20H,3-6,9H2. The number of aromatic nitrogens is 1. The highest BCUT2D eigenvalue weighted by Gasteiger charge is 2.31. The molecular weight excluding hydrogens is 309 g/mol. The number of nitrogens with zero attached hydrogens (tertiary/aromatic N) is 1. The molecule has 0 aliphatic carbocycles. The lowest BCUT2D eigenvalue weighted by Gasteiger charge is -2.25. The van der Waals surface area contributed by atoms with E-state index in [4.69, 9.17) is 9.15 Å². The van der Waals surface area contributed by atoms with Crippen molar-refractivity contribution in [1.29, 1.82) is 0 Å². The number of furan rings is 1. The molecule has 0 unspecified atom stereocenters. The lowest BCUT2D eigenvalue weighted by Crippen LogP contribution is -2.35. The summed E-state index contributed by atoms with van der Waals surface area (Å²) >= 11 is 0. The van der Waals surface area contributed by atoms with Crippen molar-refractivity contribution < 1.29 is 22.3 Å². The molecule has 1 aliphatic heterocycles. The minimum absolute atomic E-state index is 0.437. The summed E-state index contributed by atoms with van der Waals surface area (Å²) in [6.45, 7) is 3.80. The van der Waals surface area contributed by atoms with Gasteiger partial charge in [-0.2, -0.15) is 13.2 Å². The molecule has 1 aromatic carbocycles. The highest BCUT2D eigenvalue weighted by Crippen LogP contribution is 2.34. The topological polar surface area (TPSA) is 41.4 Å². The number of ether oxygens (including phenoxy) is 1. The monoisotopic (exact) mass is 324 g/mol. The van der Waals surface area contributed by atoms with Crippen molar-refractivity contribution in [1.82, 2.24) is 9.88 Å². The molecule has 3 heterocycles. The van der Waals surface area contributed by atoms with Crippen molar-refractivity contribution in [2.75, 3.05) is 26.3 Å². The zero-order chi connectivity index (χ0) is 16.0. The van der Waals surface area contributed by atoms with E-state index >= 15 is 0 Å². The van der Waals surface area contributed by atoms with E-state index in [2.05, 4.69) is 9.88 Å². The molecule has 4 rings (SSSR count). The molecule has 1 N–H and O–H groups in total. The summed E-state index contributed by atoms with van der Waals surface area (Å²) in [5.74, 6) is 0.801. The molecule has 0 atom stereocenters. The van der Waals surface area contributed by atoms with Gasteiger partial charge in [-0.3, -0.25) is 4.90 Å². The molecule has 3 aromatic rings. The maximum atomic E-state index is 12.8. The third-order valence-corrected chi connectivity index (χ3v) is 4.13. The van der Waals surface area contributed by atoms with Crippen LogP contribution in [0.1, 0.15) is 11.3 Å². The zero-order valence-corrected chi connectivity index (χ0v) is 12.2. The lowest BCUT2D eigenvalue weighted by atomic mass is 10.1. The number of morpholine rings is 1. The van der Waals surface area contributed by atoms with Crippen molar-refractivity contribution in [3.05, 3.63) is 35.6 Å². The van der Waals surface area contributed by atoms with Crippen LogP contribution in [0.15, 0.2) is 28.7 Å². The Morgan fingerprint density at radius 1 is 1.09 bits per heavy atom. The van der Waals surface area contributed by atoms with Crippen LogP contribution in [0.5, 0.6) is 0 Å². The number of benzene rings is 1. The first-order chi connectivity index (χ1) is 11.0. The van der Waals surface area contributed by atoms with Crippen molar-refractivity contribution in [2.45, 2.75) is 12.7 Å². The Balaban J connectivity index is 1.67. The number of aromatic amines is 1. The van der Waals surface area contributed by atoms with Crippen LogP contribution in [0.2, 0.25) is 0 Å². The van der Waals surface area contributed by atoms with Gasteiger partial charge in [0.1, 0.15) is 5.76 Å². The average molecular weight is 324 g/mol. The smallest absolute Gasteiger partial charge is 0.416 e. The first-order valence-corrected chi connectivity index (χ1v) is 7.42. The molecule has 0 spiro atoms. The van der Waals surface area contributed by atoms with E-state index in [0.29, 0.717) is 36.2 Å². The average Bonchev–Trinajstić information content (AvgIpc) is 3.03. The normalized spacial score (nSPS) is 17.3. The van der Waals surface area contributed by atoms with E-state index in [1.807, 2.05) is 6.07 Å². The van der Waals surface area contributed by atoms with Gasteiger partial charge in [-0.15, -0.1) is 0 Å². The van der Waals surface area contributed by atoms with Gasteiger partial charge in [0.15, 0.2) is 5.58 Å². The summed E-state index contributed by atoms with van der Waals surface area (Å²) in [6, 6.07) is 5.52. The number of H-pyrrole nitrogens is 1. The Bertz CT molecular complexity index is 844. The summed E-state index contributed by atoms with van der Waals surface area (Å²) in [7, 11) is 0. The maximum Gasteiger partial charge on any atom is 0.416 e. The number of alkyl halides is 3. The molecule has 1 fully saturated rings. The number of halogens is 3. The second kappa shape index (κ2) is 5.28. The highest BCUT2D eigenvalue weighted by molar-refractivity contribution is 6.04. The predicted octanol–water partition coefficient (Wildman–Crippen LogP) is 3.77. The molecule has 122 valence electrons. The van der Waals surface area contributed by atoms with Gasteiger partial charge in [0.2, 0.25) is 0 Å². The molecule has 0 radical (unpaired) electrons. The Kier molecular flexibility index (Phi) is 3.35. The van der Waals surface area contributed by atoms with E-state index in [9.17, 15) is 13.2 Å². The number of rotatable bonds is 2. The summed E-state index contributed by atoms with van der Waals surface area (Å²) in [6.07, 6.45) is -4.35. The fourth-order valence-electron chi connectivity index (χ4n) is 2.96. The number of fused-ring (bicyclic) bond motifs is 3. The van der Waals surface area contributed by atoms with E-state index in [1.165, 1.54) is 6.07 Å². The molecule has 0 saturated carbocycles. The molecule has 4 nitrogen and oxygen atoms in total. The largest absolute Gasteiger partial charge is 0.457 e. The lowest BCUT2D eigenvalue weighted by molar-refractivity contribution is -0.137. The van der Waals surface area contributed by atoms with E-state index in [-0.39, 0.29) is 0 Å². The van der Waals surface area contributed by atoms with E-state index < -0.39 is 11.7 Å². The van der Waals surface area contributed by atoms with Gasteiger partial charge in [0.25, 0.3) is 0 Å². The van der Waals surface area contributed by atoms with Crippen LogP contribution in [0.3, 0.4) is 0 Å². The van der Waals surface area contributed by atoms with Crippen molar-refractivity contribution in [3.8, 4) is 0 Å². The molecule has 23 heavy (non-hydrogen) atoms. The summed E-state index contributed by atoms with van der Waals surface area (Å²) in [5.41, 5.74) is 1.11. The quantitative estimate of drug-likeness (QED) is 0.780. The predicted molar refractivity (Wildman–Crippen MR) is 79.2 cm³/mol. The van der Waals surface area contributed by atoms with Crippen LogP contribution in [0.25, 0.3) is 22.0 Å². The molecule has 0 bridgehead atoms. The van der Waals surface area contributed by atoms with Gasteiger partial charge in [-0.25, -0.2) is 0 Å². The number of hydrogen-bond acceptors (Lipinski definition) is 3. The van der Waals surface area contributed by atoms with Crippen LogP contribution in [-0.4, -0.2) is 36.2 Å². The third-order valence-electron chi connectivity index (χ3n) is 4.13. The fraction of sp³-hybridized carbons (Fsp3) is 0.375. The first-order valence-electron chi connectivity index (χ1n) is 7.42. The van der Waals surface area contributed by atoms with Gasteiger partial charge in [0.05, 0.1) is 36.4 Å². The van der Waals surface area contributed by atoms with Gasteiger partial charge in [-0.1, -0.05) is 0 Å². The molecule has 1 saturated heterocycles. The first kappa shape index (κ1) is 14.6. The zero-order valence-electron chi connectivity index (χ0n) is 12.2. The molecule has 0 amide bonds. The van der Waals surface area contributed by atoms with Crippen molar-refractivity contribution in [3.63, 3.8) is 0 Å². The van der Waals surface area contributed by atoms with Gasteiger partial charge in [-0.05, 0) is 18.2 Å². The van der Waals surface area contributed by atoms with E-state index in [1.54, 1.807) is 0 Å². The van der Waals surface area contributed by atoms with Gasteiger partial charge >= 0.3 is 6.18 Å². The maximum absolute atomic E-state index is 12.8.